The number of nitrogen functional groups attached to an aromatic ring is 1. The van der Waals surface area contributed by atoms with E-state index in [1.165, 1.54) is 23.5 Å². The van der Waals surface area contributed by atoms with Gasteiger partial charge >= 0.3 is 0 Å². The lowest BCUT2D eigenvalue weighted by Gasteiger charge is -1.96. The van der Waals surface area contributed by atoms with E-state index in [4.69, 9.17) is 5.73 Å². The van der Waals surface area contributed by atoms with Crippen LogP contribution in [0.1, 0.15) is 11.5 Å². The van der Waals surface area contributed by atoms with Crippen LogP contribution in [0.5, 0.6) is 0 Å². The van der Waals surface area contributed by atoms with Gasteiger partial charge in [0.15, 0.2) is 11.0 Å². The van der Waals surface area contributed by atoms with Crippen LogP contribution in [0.3, 0.4) is 0 Å². The van der Waals surface area contributed by atoms with E-state index in [0.717, 1.165) is 11.8 Å². The first-order valence-corrected chi connectivity index (χ1v) is 6.56. The second-order valence-electron chi connectivity index (χ2n) is 4.12. The molecule has 2 aromatic heterocycles. The summed E-state index contributed by atoms with van der Waals surface area (Å²) in [6.07, 6.45) is 0.429. The summed E-state index contributed by atoms with van der Waals surface area (Å²) in [5.74, 6) is -0.547. The van der Waals surface area contributed by atoms with Crippen LogP contribution in [0.4, 0.5) is 13.9 Å². The Morgan fingerprint density at radius 3 is 2.55 bits per heavy atom. The topological polar surface area (TPSA) is 80.5 Å². The maximum Gasteiger partial charge on any atom is 0.181 e. The Balaban J connectivity index is 1.86. The molecule has 3 rings (SSSR count). The summed E-state index contributed by atoms with van der Waals surface area (Å²) in [6, 6.07) is 3.16. The summed E-state index contributed by atoms with van der Waals surface area (Å²) in [6.45, 7) is 0. The van der Waals surface area contributed by atoms with Crippen molar-refractivity contribution in [3.8, 4) is 11.4 Å². The van der Waals surface area contributed by atoms with Crippen molar-refractivity contribution in [3.05, 3.63) is 46.7 Å². The van der Waals surface area contributed by atoms with Crippen LogP contribution in [-0.2, 0) is 6.42 Å². The largest absolute Gasteiger partial charge is 0.375 e. The number of benzene rings is 1. The van der Waals surface area contributed by atoms with Crippen molar-refractivity contribution < 1.29 is 8.78 Å². The van der Waals surface area contributed by atoms with E-state index in [2.05, 4.69) is 20.2 Å². The Labute approximate surface area is 116 Å². The molecule has 0 aliphatic carbocycles. The van der Waals surface area contributed by atoms with Gasteiger partial charge in [-0.25, -0.2) is 18.7 Å². The van der Waals surface area contributed by atoms with Gasteiger partial charge in [0, 0.05) is 17.0 Å². The molecule has 0 aliphatic heterocycles. The molecular weight excluding hydrogens is 284 g/mol. The molecule has 1 aromatic carbocycles. The van der Waals surface area contributed by atoms with E-state index in [9.17, 15) is 8.78 Å². The van der Waals surface area contributed by atoms with Crippen LogP contribution in [0.15, 0.2) is 23.6 Å². The van der Waals surface area contributed by atoms with Crippen molar-refractivity contribution in [2.45, 2.75) is 6.42 Å². The first kappa shape index (κ1) is 12.7. The fourth-order valence-electron chi connectivity index (χ4n) is 1.76. The number of nitrogens with zero attached hydrogens (tertiary/aromatic N) is 3. The molecule has 0 saturated heterocycles. The lowest BCUT2D eigenvalue weighted by molar-refractivity contribution is 0.584. The number of hydrogen-bond acceptors (Lipinski definition) is 5. The average molecular weight is 293 g/mol. The van der Waals surface area contributed by atoms with Gasteiger partial charge in [0.1, 0.15) is 17.5 Å². The Morgan fingerprint density at radius 2 is 1.90 bits per heavy atom. The van der Waals surface area contributed by atoms with Gasteiger partial charge in [-0.1, -0.05) is 0 Å². The molecule has 0 amide bonds. The van der Waals surface area contributed by atoms with Crippen LogP contribution >= 0.6 is 11.3 Å². The Hall–Kier alpha value is -2.35. The Morgan fingerprint density at radius 1 is 1.15 bits per heavy atom. The molecule has 0 atom stereocenters. The van der Waals surface area contributed by atoms with Crippen molar-refractivity contribution in [1.29, 1.82) is 0 Å². The lowest BCUT2D eigenvalue weighted by Crippen LogP contribution is -1.92. The molecule has 5 nitrogen and oxygen atoms in total. The summed E-state index contributed by atoms with van der Waals surface area (Å²) in [5.41, 5.74) is 6.58. The molecule has 8 heteroatoms. The van der Waals surface area contributed by atoms with E-state index in [-0.39, 0.29) is 11.4 Å². The monoisotopic (exact) mass is 293 g/mol. The molecule has 3 N–H and O–H groups in total. The van der Waals surface area contributed by atoms with Crippen LogP contribution in [-0.4, -0.2) is 20.2 Å². The number of H-pyrrole nitrogens is 1. The first-order chi connectivity index (χ1) is 9.60. The number of anilines is 1. The van der Waals surface area contributed by atoms with Gasteiger partial charge in [0.05, 0.1) is 12.1 Å². The van der Waals surface area contributed by atoms with E-state index in [1.54, 1.807) is 0 Å². The van der Waals surface area contributed by atoms with E-state index >= 15 is 0 Å². The highest BCUT2D eigenvalue weighted by molar-refractivity contribution is 7.13. The van der Waals surface area contributed by atoms with Gasteiger partial charge in [0.25, 0.3) is 0 Å². The minimum Gasteiger partial charge on any atom is -0.375 e. The highest BCUT2D eigenvalue weighted by atomic mass is 32.1. The fourth-order valence-corrected chi connectivity index (χ4v) is 2.32. The number of halogens is 2. The number of nitrogens with one attached hydrogen (secondary N) is 1. The number of nitrogens with two attached hydrogens (primary N) is 1. The predicted molar refractivity (Wildman–Crippen MR) is 71.1 cm³/mol. The second kappa shape index (κ2) is 4.97. The van der Waals surface area contributed by atoms with Gasteiger partial charge in [-0.3, -0.25) is 5.10 Å². The number of aromatic amines is 1. The Kier molecular flexibility index (Phi) is 3.15. The fraction of sp³-hybridized carbons (Fsp3) is 0.0833. The molecule has 20 heavy (non-hydrogen) atoms. The highest BCUT2D eigenvalue weighted by Crippen LogP contribution is 2.19. The normalized spacial score (nSPS) is 10.9. The van der Waals surface area contributed by atoms with Gasteiger partial charge in [-0.05, 0) is 12.1 Å². The summed E-state index contributed by atoms with van der Waals surface area (Å²) in [7, 11) is 0. The zero-order chi connectivity index (χ0) is 14.1. The number of thiazole rings is 1. The van der Waals surface area contributed by atoms with Crippen molar-refractivity contribution in [1.82, 2.24) is 20.2 Å². The van der Waals surface area contributed by atoms with Gasteiger partial charge in [0.2, 0.25) is 0 Å². The number of rotatable bonds is 3. The van der Waals surface area contributed by atoms with E-state index in [0.29, 0.717) is 17.4 Å². The molecule has 0 spiro atoms. The third kappa shape index (κ3) is 2.64. The summed E-state index contributed by atoms with van der Waals surface area (Å²) in [5, 5.41) is 8.96. The van der Waals surface area contributed by atoms with E-state index in [1.807, 2.05) is 5.38 Å². The molecular formula is C12H9F2N5S. The standard InChI is InChI=1S/C12H9F2N5S/c13-7-1-6(2-8(14)3-7)11-17-10(18-19-11)4-9-5-20-12(15)16-9/h1-3,5H,4H2,(H2,15,16)(H,17,18,19). The third-order valence-corrected chi connectivity index (χ3v) is 3.29. The summed E-state index contributed by atoms with van der Waals surface area (Å²) in [4.78, 5) is 8.30. The predicted octanol–water partition coefficient (Wildman–Crippen LogP) is 2.38. The van der Waals surface area contributed by atoms with Crippen molar-refractivity contribution in [2.75, 3.05) is 5.73 Å². The zero-order valence-corrected chi connectivity index (χ0v) is 10.9. The van der Waals surface area contributed by atoms with Crippen molar-refractivity contribution in [2.24, 2.45) is 0 Å². The summed E-state index contributed by atoms with van der Waals surface area (Å²) < 4.78 is 26.3. The van der Waals surface area contributed by atoms with E-state index < -0.39 is 11.6 Å². The smallest absolute Gasteiger partial charge is 0.181 e. The molecule has 2 heterocycles. The van der Waals surface area contributed by atoms with Gasteiger partial charge in [-0.2, -0.15) is 5.10 Å². The number of hydrogen-bond donors (Lipinski definition) is 2. The minimum atomic E-state index is -0.668. The molecule has 0 bridgehead atoms. The number of aromatic nitrogens is 4. The molecule has 3 aromatic rings. The van der Waals surface area contributed by atoms with Crippen molar-refractivity contribution >= 4 is 16.5 Å². The molecule has 0 saturated carbocycles. The second-order valence-corrected chi connectivity index (χ2v) is 5.01. The van der Waals surface area contributed by atoms with Gasteiger partial charge < -0.3 is 5.73 Å². The lowest BCUT2D eigenvalue weighted by atomic mass is 10.2. The quantitative estimate of drug-likeness (QED) is 0.777. The highest BCUT2D eigenvalue weighted by Gasteiger charge is 2.10. The van der Waals surface area contributed by atoms with Crippen LogP contribution < -0.4 is 5.73 Å². The first-order valence-electron chi connectivity index (χ1n) is 5.68. The maximum atomic E-state index is 13.1. The van der Waals surface area contributed by atoms with Gasteiger partial charge in [-0.15, -0.1) is 11.3 Å². The third-order valence-electron chi connectivity index (χ3n) is 2.57. The average Bonchev–Trinajstić information content (AvgIpc) is 2.98. The maximum absolute atomic E-state index is 13.1. The SMILES string of the molecule is Nc1nc(Cc2nc(-c3cc(F)cc(F)c3)n[nH]2)cs1. The van der Waals surface area contributed by atoms with Crippen LogP contribution in [0.2, 0.25) is 0 Å². The van der Waals surface area contributed by atoms with Crippen LogP contribution in [0.25, 0.3) is 11.4 Å². The minimum absolute atomic E-state index is 0.238. The molecule has 0 aliphatic rings. The van der Waals surface area contributed by atoms with Crippen LogP contribution in [0, 0.1) is 11.6 Å². The summed E-state index contributed by atoms with van der Waals surface area (Å²) >= 11 is 1.34. The zero-order valence-electron chi connectivity index (χ0n) is 10.1. The molecule has 0 fully saturated rings. The molecule has 0 unspecified atom stereocenters. The Bertz CT molecular complexity index is 732. The molecule has 0 radical (unpaired) electrons. The molecule has 102 valence electrons. The van der Waals surface area contributed by atoms with Crippen molar-refractivity contribution in [3.63, 3.8) is 0 Å².